The lowest BCUT2D eigenvalue weighted by Crippen LogP contribution is -2.34. The van der Waals surface area contributed by atoms with Gasteiger partial charge in [0.2, 0.25) is 0 Å². The number of unbranched alkanes of at least 4 members (excludes halogenated alkanes) is 1. The number of carbonyl (C=O) groups excluding carboxylic acids is 1. The molecule has 1 aliphatic rings. The molecular formula is C12H17ClO3. The second kappa shape index (κ2) is 6.18. The lowest BCUT2D eigenvalue weighted by molar-refractivity contribution is -0.186. The second-order valence-corrected chi connectivity index (χ2v) is 4.03. The first kappa shape index (κ1) is 13.4. The van der Waals surface area contributed by atoms with Crippen LogP contribution in [0.4, 0.5) is 0 Å². The summed E-state index contributed by atoms with van der Waals surface area (Å²) in [7, 11) is 1.59. The molecule has 0 N–H and O–H groups in total. The third-order valence-electron chi connectivity index (χ3n) is 2.54. The summed E-state index contributed by atoms with van der Waals surface area (Å²) in [6.45, 7) is 2.75. The van der Waals surface area contributed by atoms with E-state index < -0.39 is 11.0 Å². The average molecular weight is 245 g/mol. The third-order valence-corrected chi connectivity index (χ3v) is 2.76. The van der Waals surface area contributed by atoms with Crippen LogP contribution in [-0.2, 0) is 14.3 Å². The van der Waals surface area contributed by atoms with Crippen molar-refractivity contribution in [2.24, 2.45) is 0 Å². The Hall–Kier alpha value is -0.640. The maximum absolute atomic E-state index is 10.9. The first-order valence-electron chi connectivity index (χ1n) is 5.42. The molecule has 0 heterocycles. The molecule has 1 aliphatic carbocycles. The van der Waals surface area contributed by atoms with E-state index in [9.17, 15) is 4.79 Å². The fraction of sp³-hybridized carbons (Fsp3) is 0.583. The molecule has 1 unspecified atom stereocenters. The van der Waals surface area contributed by atoms with E-state index in [4.69, 9.17) is 21.1 Å². The van der Waals surface area contributed by atoms with Crippen molar-refractivity contribution in [3.05, 3.63) is 23.8 Å². The Morgan fingerprint density at radius 3 is 2.81 bits per heavy atom. The molecule has 0 spiro atoms. The zero-order valence-electron chi connectivity index (χ0n) is 9.66. The molecule has 1 rings (SSSR count). The van der Waals surface area contributed by atoms with Gasteiger partial charge in [-0.1, -0.05) is 19.4 Å². The van der Waals surface area contributed by atoms with E-state index in [0.717, 1.165) is 12.8 Å². The van der Waals surface area contributed by atoms with E-state index in [-0.39, 0.29) is 0 Å². The number of carbonyl (C=O) groups is 1. The lowest BCUT2D eigenvalue weighted by Gasteiger charge is -2.30. The normalized spacial score (nSPS) is 24.3. The highest BCUT2D eigenvalue weighted by Crippen LogP contribution is 2.26. The fourth-order valence-electron chi connectivity index (χ4n) is 1.46. The SMILES string of the molecule is CCCCOC1(OC)C=CC(C(=O)Cl)=CC1. The molecule has 1 atom stereocenters. The largest absolute Gasteiger partial charge is 0.349 e. The van der Waals surface area contributed by atoms with Gasteiger partial charge in [0, 0.05) is 19.1 Å². The first-order valence-corrected chi connectivity index (χ1v) is 5.79. The molecule has 4 heteroatoms. The number of rotatable bonds is 6. The van der Waals surface area contributed by atoms with E-state index in [0.29, 0.717) is 18.6 Å². The molecule has 0 amide bonds. The lowest BCUT2D eigenvalue weighted by atomic mass is 10.0. The Labute approximate surface area is 101 Å². The fourth-order valence-corrected chi connectivity index (χ4v) is 1.60. The summed E-state index contributed by atoms with van der Waals surface area (Å²) in [4.78, 5) is 10.9. The van der Waals surface area contributed by atoms with Gasteiger partial charge in [0.1, 0.15) is 0 Å². The van der Waals surface area contributed by atoms with Crippen LogP contribution in [0.1, 0.15) is 26.2 Å². The molecule has 0 bridgehead atoms. The standard InChI is InChI=1S/C12H17ClO3/c1-3-4-9-16-12(15-2)7-5-10(6-8-12)11(13)14/h5-7H,3-4,8-9H2,1-2H3. The molecule has 0 saturated carbocycles. The number of hydrogen-bond acceptors (Lipinski definition) is 3. The highest BCUT2D eigenvalue weighted by molar-refractivity contribution is 6.68. The number of halogens is 1. The van der Waals surface area contributed by atoms with Crippen LogP contribution in [0.3, 0.4) is 0 Å². The summed E-state index contributed by atoms with van der Waals surface area (Å²) >= 11 is 5.38. The van der Waals surface area contributed by atoms with Gasteiger partial charge < -0.3 is 9.47 Å². The molecule has 0 aliphatic heterocycles. The average Bonchev–Trinajstić information content (AvgIpc) is 2.30. The number of methoxy groups -OCH3 is 1. The van der Waals surface area contributed by atoms with Gasteiger partial charge in [-0.25, -0.2) is 0 Å². The summed E-state index contributed by atoms with van der Waals surface area (Å²) in [5.41, 5.74) is 0.494. The number of ether oxygens (including phenoxy) is 2. The summed E-state index contributed by atoms with van der Waals surface area (Å²) in [6.07, 6.45) is 7.71. The molecule has 0 saturated heterocycles. The van der Waals surface area contributed by atoms with Crippen molar-refractivity contribution in [3.8, 4) is 0 Å². The molecule has 0 aromatic heterocycles. The first-order chi connectivity index (χ1) is 7.63. The molecule has 90 valence electrons. The maximum Gasteiger partial charge on any atom is 0.252 e. The van der Waals surface area contributed by atoms with Crippen molar-refractivity contribution in [2.45, 2.75) is 32.0 Å². The Morgan fingerprint density at radius 2 is 2.38 bits per heavy atom. The Balaban J connectivity index is 2.59. The van der Waals surface area contributed by atoms with Crippen LogP contribution in [0.2, 0.25) is 0 Å². The number of allylic oxidation sites excluding steroid dienone is 2. The van der Waals surface area contributed by atoms with E-state index >= 15 is 0 Å². The molecule has 16 heavy (non-hydrogen) atoms. The summed E-state index contributed by atoms with van der Waals surface area (Å²) in [5, 5.41) is -0.450. The van der Waals surface area contributed by atoms with E-state index in [1.54, 1.807) is 25.3 Å². The third kappa shape index (κ3) is 3.44. The smallest absolute Gasteiger partial charge is 0.252 e. The summed E-state index contributed by atoms with van der Waals surface area (Å²) in [6, 6.07) is 0. The van der Waals surface area contributed by atoms with Gasteiger partial charge in [0.25, 0.3) is 5.24 Å². The van der Waals surface area contributed by atoms with Gasteiger partial charge >= 0.3 is 0 Å². The van der Waals surface area contributed by atoms with Crippen molar-refractivity contribution in [1.29, 1.82) is 0 Å². The van der Waals surface area contributed by atoms with Crippen molar-refractivity contribution in [1.82, 2.24) is 0 Å². The van der Waals surface area contributed by atoms with Gasteiger partial charge in [-0.3, -0.25) is 4.79 Å². The Morgan fingerprint density at radius 1 is 1.62 bits per heavy atom. The molecular weight excluding hydrogens is 228 g/mol. The maximum atomic E-state index is 10.9. The predicted octanol–water partition coefficient (Wildman–Crippen LogP) is 2.80. The Bertz CT molecular complexity index is 309. The highest BCUT2D eigenvalue weighted by Gasteiger charge is 2.29. The molecule has 0 fully saturated rings. The van der Waals surface area contributed by atoms with E-state index in [1.807, 2.05) is 0 Å². The van der Waals surface area contributed by atoms with E-state index in [1.165, 1.54) is 0 Å². The Kier molecular flexibility index (Phi) is 5.19. The van der Waals surface area contributed by atoms with Crippen LogP contribution < -0.4 is 0 Å². The molecule has 3 nitrogen and oxygen atoms in total. The van der Waals surface area contributed by atoms with Crippen LogP contribution in [0.5, 0.6) is 0 Å². The summed E-state index contributed by atoms with van der Waals surface area (Å²) < 4.78 is 11.0. The van der Waals surface area contributed by atoms with Crippen molar-refractivity contribution >= 4 is 16.8 Å². The van der Waals surface area contributed by atoms with Crippen molar-refractivity contribution < 1.29 is 14.3 Å². The van der Waals surface area contributed by atoms with Crippen LogP contribution in [0.15, 0.2) is 23.8 Å². The van der Waals surface area contributed by atoms with Gasteiger partial charge in [0.15, 0.2) is 5.79 Å². The molecule has 0 aromatic rings. The zero-order valence-corrected chi connectivity index (χ0v) is 10.4. The second-order valence-electron chi connectivity index (χ2n) is 3.69. The van der Waals surface area contributed by atoms with Crippen molar-refractivity contribution in [2.75, 3.05) is 13.7 Å². The molecule has 0 radical (unpaired) electrons. The monoisotopic (exact) mass is 244 g/mol. The minimum absolute atomic E-state index is 0.450. The summed E-state index contributed by atoms with van der Waals surface area (Å²) in [5.74, 6) is -0.731. The van der Waals surface area contributed by atoms with Crippen LogP contribution in [-0.4, -0.2) is 24.7 Å². The van der Waals surface area contributed by atoms with Gasteiger partial charge in [0.05, 0.1) is 6.61 Å². The minimum atomic E-state index is -0.731. The van der Waals surface area contributed by atoms with E-state index in [2.05, 4.69) is 6.92 Å². The van der Waals surface area contributed by atoms with Gasteiger partial charge in [-0.15, -0.1) is 0 Å². The quantitative estimate of drug-likeness (QED) is 0.410. The molecule has 0 aromatic carbocycles. The van der Waals surface area contributed by atoms with Crippen LogP contribution >= 0.6 is 11.6 Å². The zero-order chi connectivity index (χ0) is 12.0. The van der Waals surface area contributed by atoms with Crippen LogP contribution in [0, 0.1) is 0 Å². The minimum Gasteiger partial charge on any atom is -0.349 e. The highest BCUT2D eigenvalue weighted by atomic mass is 35.5. The van der Waals surface area contributed by atoms with Gasteiger partial charge in [-0.2, -0.15) is 0 Å². The number of hydrogen-bond donors (Lipinski definition) is 0. The van der Waals surface area contributed by atoms with Crippen LogP contribution in [0.25, 0.3) is 0 Å². The topological polar surface area (TPSA) is 35.5 Å². The van der Waals surface area contributed by atoms with Crippen molar-refractivity contribution in [3.63, 3.8) is 0 Å². The van der Waals surface area contributed by atoms with Gasteiger partial charge in [-0.05, 0) is 30.2 Å². The predicted molar refractivity (Wildman–Crippen MR) is 63.3 cm³/mol.